The van der Waals surface area contributed by atoms with Crippen molar-refractivity contribution < 1.29 is 0 Å². The summed E-state index contributed by atoms with van der Waals surface area (Å²) in [4.78, 5) is 0. The summed E-state index contributed by atoms with van der Waals surface area (Å²) in [6.07, 6.45) is 17.7. The average molecular weight is 685 g/mol. The molecule has 0 saturated carbocycles. The molecule has 1 aromatic heterocycles. The molecule has 0 spiro atoms. The third kappa shape index (κ3) is 5.08. The van der Waals surface area contributed by atoms with Gasteiger partial charge in [0, 0.05) is 10.8 Å². The van der Waals surface area contributed by atoms with Crippen molar-refractivity contribution in [1.82, 2.24) is 4.57 Å². The molecule has 0 saturated heterocycles. The van der Waals surface area contributed by atoms with Gasteiger partial charge in [0.25, 0.3) is 0 Å². The first kappa shape index (κ1) is 32.7. The second kappa shape index (κ2) is 13.0. The van der Waals surface area contributed by atoms with Crippen molar-refractivity contribution in [3.05, 3.63) is 174 Å². The van der Waals surface area contributed by atoms with Crippen LogP contribution >= 0.6 is 0 Å². The maximum absolute atomic E-state index is 10.7. The number of allylic oxidation sites excluding steroid dienone is 8. The van der Waals surface area contributed by atoms with Crippen molar-refractivity contribution in [2.45, 2.75) is 31.7 Å². The van der Waals surface area contributed by atoms with E-state index in [2.05, 4.69) is 140 Å². The molecular formula is C47H36N4Si. The third-order valence-corrected chi connectivity index (χ3v) is 17.1. The first-order valence-corrected chi connectivity index (χ1v) is 19.7. The number of nitrogens with zero attached hydrogens (tertiary/aromatic N) is 4. The molecule has 5 aromatic carbocycles. The zero-order valence-corrected chi connectivity index (χ0v) is 30.2. The van der Waals surface area contributed by atoms with Crippen LogP contribution in [0.4, 0.5) is 0 Å². The van der Waals surface area contributed by atoms with Gasteiger partial charge in [0.2, 0.25) is 0 Å². The van der Waals surface area contributed by atoms with E-state index >= 15 is 0 Å². The Hall–Kier alpha value is -6.45. The van der Waals surface area contributed by atoms with Gasteiger partial charge in [-0.25, -0.2) is 0 Å². The minimum atomic E-state index is -2.86. The summed E-state index contributed by atoms with van der Waals surface area (Å²) in [6.45, 7) is 4.75. The SMILES string of the molecule is CC1CC=CC=C1[Si](c1ccccc1)(c1cc(C#N)cc(-c2ccc(-n3c4ccccc4c4cc(C#N)ccc43)c(C#N)c2)c1)C1(C)C=CC=CC1. The van der Waals surface area contributed by atoms with Gasteiger partial charge in [-0.05, 0) is 93.8 Å². The predicted molar refractivity (Wildman–Crippen MR) is 214 cm³/mol. The summed E-state index contributed by atoms with van der Waals surface area (Å²) < 4.78 is 2.12. The summed E-state index contributed by atoms with van der Waals surface area (Å²) in [6, 6.07) is 44.5. The van der Waals surface area contributed by atoms with Gasteiger partial charge >= 0.3 is 0 Å². The first-order chi connectivity index (χ1) is 25.4. The number of hydrogen-bond donors (Lipinski definition) is 0. The molecule has 1 heterocycles. The smallest absolute Gasteiger partial charge is 0.154 e. The maximum atomic E-state index is 10.7. The Morgan fingerprint density at radius 1 is 0.673 bits per heavy atom. The topological polar surface area (TPSA) is 76.3 Å². The summed E-state index contributed by atoms with van der Waals surface area (Å²) in [5, 5.41) is 36.6. The van der Waals surface area contributed by atoms with Crippen molar-refractivity contribution in [2.24, 2.45) is 5.92 Å². The number of fused-ring (bicyclic) bond motifs is 3. The fraction of sp³-hybridized carbons (Fsp3) is 0.128. The van der Waals surface area contributed by atoms with Crippen LogP contribution in [0.5, 0.6) is 0 Å². The van der Waals surface area contributed by atoms with Crippen molar-refractivity contribution in [3.8, 4) is 35.0 Å². The number of rotatable bonds is 6. The van der Waals surface area contributed by atoms with E-state index in [4.69, 9.17) is 0 Å². The maximum Gasteiger partial charge on any atom is 0.154 e. The van der Waals surface area contributed by atoms with Crippen LogP contribution in [0.25, 0.3) is 38.6 Å². The fourth-order valence-electron chi connectivity index (χ4n) is 8.80. The largest absolute Gasteiger partial charge is 0.308 e. The molecule has 8 rings (SSSR count). The highest BCUT2D eigenvalue weighted by Gasteiger charge is 2.55. The molecule has 3 atom stereocenters. The number of aromatic nitrogens is 1. The van der Waals surface area contributed by atoms with Gasteiger partial charge in [-0.3, -0.25) is 0 Å². The van der Waals surface area contributed by atoms with Gasteiger partial charge in [-0.2, -0.15) is 15.8 Å². The standard InChI is InChI=1S/C47H36N4Si/c1-33-13-7-10-18-46(33)52(39-14-5-3-6-15-39,47(2)23-11-4-12-24-47)40-26-35(31-49)25-37(29-40)36-20-22-43(38(28-36)32-50)51-44-17-9-8-16-41(44)42-27-34(30-48)19-21-45(42)51/h3-12,14-23,25-29,33H,13,24H2,1-2H3. The lowest BCUT2D eigenvalue weighted by atomic mass is 10.00. The van der Waals surface area contributed by atoms with Crippen LogP contribution in [0.3, 0.4) is 0 Å². The molecule has 6 aromatic rings. The average Bonchev–Trinajstić information content (AvgIpc) is 3.52. The van der Waals surface area contributed by atoms with Gasteiger partial charge in [0.05, 0.1) is 45.5 Å². The Morgan fingerprint density at radius 2 is 1.46 bits per heavy atom. The van der Waals surface area contributed by atoms with Crippen LogP contribution in [0, 0.1) is 39.9 Å². The van der Waals surface area contributed by atoms with Crippen LogP contribution in [0.1, 0.15) is 43.4 Å². The Balaban J connectivity index is 1.37. The fourth-order valence-corrected chi connectivity index (χ4v) is 15.2. The summed E-state index contributed by atoms with van der Waals surface area (Å²) in [5.74, 6) is 0.335. The molecule has 2 aliphatic rings. The quantitative estimate of drug-likeness (QED) is 0.164. The lowest BCUT2D eigenvalue weighted by Gasteiger charge is -2.50. The van der Waals surface area contributed by atoms with Crippen LogP contribution in [-0.2, 0) is 0 Å². The van der Waals surface area contributed by atoms with Crippen molar-refractivity contribution in [1.29, 1.82) is 15.8 Å². The Morgan fingerprint density at radius 3 is 2.21 bits per heavy atom. The van der Waals surface area contributed by atoms with E-state index in [0.717, 1.165) is 51.5 Å². The van der Waals surface area contributed by atoms with E-state index < -0.39 is 8.07 Å². The molecule has 0 aliphatic heterocycles. The molecule has 248 valence electrons. The molecular weight excluding hydrogens is 649 g/mol. The van der Waals surface area contributed by atoms with Gasteiger partial charge in [-0.1, -0.05) is 122 Å². The van der Waals surface area contributed by atoms with Gasteiger partial charge < -0.3 is 4.57 Å². The zero-order valence-electron chi connectivity index (χ0n) is 29.2. The van der Waals surface area contributed by atoms with E-state index in [0.29, 0.717) is 22.6 Å². The lowest BCUT2D eigenvalue weighted by Crippen LogP contribution is -2.68. The van der Waals surface area contributed by atoms with E-state index in [9.17, 15) is 15.8 Å². The Bertz CT molecular complexity index is 2650. The summed E-state index contributed by atoms with van der Waals surface area (Å²) in [7, 11) is -2.86. The van der Waals surface area contributed by atoms with Gasteiger partial charge in [-0.15, -0.1) is 0 Å². The minimum Gasteiger partial charge on any atom is -0.308 e. The number of benzene rings is 5. The molecule has 0 fully saturated rings. The second-order valence-electron chi connectivity index (χ2n) is 14.2. The van der Waals surface area contributed by atoms with E-state index in [1.54, 1.807) is 0 Å². The van der Waals surface area contributed by atoms with Crippen LogP contribution < -0.4 is 10.4 Å². The van der Waals surface area contributed by atoms with Crippen LogP contribution in [0.15, 0.2) is 157 Å². The molecule has 2 aliphatic carbocycles. The van der Waals surface area contributed by atoms with E-state index in [1.807, 2.05) is 48.5 Å². The second-order valence-corrected chi connectivity index (χ2v) is 18.5. The zero-order chi connectivity index (χ0) is 35.9. The molecule has 0 bridgehead atoms. The first-order valence-electron chi connectivity index (χ1n) is 17.7. The molecule has 0 N–H and O–H groups in total. The monoisotopic (exact) mass is 684 g/mol. The highest BCUT2D eigenvalue weighted by molar-refractivity contribution is 7.09. The molecule has 52 heavy (non-hydrogen) atoms. The third-order valence-electron chi connectivity index (χ3n) is 11.2. The summed E-state index contributed by atoms with van der Waals surface area (Å²) >= 11 is 0. The molecule has 3 unspecified atom stereocenters. The van der Waals surface area contributed by atoms with Crippen molar-refractivity contribution in [3.63, 3.8) is 0 Å². The minimum absolute atomic E-state index is 0.205. The lowest BCUT2D eigenvalue weighted by molar-refractivity contribution is 0.682. The predicted octanol–water partition coefficient (Wildman–Crippen LogP) is 9.97. The van der Waals surface area contributed by atoms with E-state index in [-0.39, 0.29) is 5.04 Å². The van der Waals surface area contributed by atoms with Gasteiger partial charge in [0.15, 0.2) is 8.07 Å². The Kier molecular flexibility index (Phi) is 8.20. The molecule has 0 radical (unpaired) electrons. The number of para-hydroxylation sites is 1. The number of nitriles is 3. The molecule has 5 heteroatoms. The van der Waals surface area contributed by atoms with Crippen LogP contribution in [-0.4, -0.2) is 12.6 Å². The van der Waals surface area contributed by atoms with Crippen molar-refractivity contribution >= 4 is 40.3 Å². The normalized spacial score (nSPS) is 19.1. The van der Waals surface area contributed by atoms with Gasteiger partial charge in [0.1, 0.15) is 6.07 Å². The Labute approximate surface area is 305 Å². The van der Waals surface area contributed by atoms with Crippen LogP contribution in [0.2, 0.25) is 5.04 Å². The highest BCUT2D eigenvalue weighted by Crippen LogP contribution is 2.50. The summed E-state index contributed by atoms with van der Waals surface area (Å²) in [5.41, 5.74) is 6.21. The number of hydrogen-bond acceptors (Lipinski definition) is 3. The van der Waals surface area contributed by atoms with E-state index in [1.165, 1.54) is 15.6 Å². The van der Waals surface area contributed by atoms with Crippen molar-refractivity contribution in [2.75, 3.05) is 0 Å². The molecule has 0 amide bonds. The molecule has 4 nitrogen and oxygen atoms in total. The highest BCUT2D eigenvalue weighted by atomic mass is 28.3.